The number of hydrogen-bond donors (Lipinski definition) is 1. The van der Waals surface area contributed by atoms with Crippen molar-refractivity contribution < 1.29 is 9.21 Å². The normalized spacial score (nSPS) is 11.5. The first kappa shape index (κ1) is 14.8. The van der Waals surface area contributed by atoms with Crippen molar-refractivity contribution in [2.24, 2.45) is 5.41 Å². The summed E-state index contributed by atoms with van der Waals surface area (Å²) in [7, 11) is 0. The standard InChI is InChI=1S/C12H17Br2NO2/c1-3-12(4-2,7-13)8-15-11(16)9-5-6-17-10(9)14/h5-6H,3-4,7-8H2,1-2H3,(H,15,16). The monoisotopic (exact) mass is 365 g/mol. The molecule has 0 aromatic carbocycles. The molecule has 17 heavy (non-hydrogen) atoms. The van der Waals surface area contributed by atoms with Gasteiger partial charge in [-0.3, -0.25) is 4.79 Å². The van der Waals surface area contributed by atoms with Gasteiger partial charge in [0.1, 0.15) is 0 Å². The molecule has 96 valence electrons. The highest BCUT2D eigenvalue weighted by molar-refractivity contribution is 9.10. The van der Waals surface area contributed by atoms with Gasteiger partial charge in [0, 0.05) is 11.9 Å². The first-order chi connectivity index (χ1) is 8.08. The molecule has 0 saturated carbocycles. The van der Waals surface area contributed by atoms with Crippen LogP contribution >= 0.6 is 31.9 Å². The van der Waals surface area contributed by atoms with Crippen molar-refractivity contribution in [1.29, 1.82) is 0 Å². The van der Waals surface area contributed by atoms with Gasteiger partial charge in [-0.25, -0.2) is 0 Å². The summed E-state index contributed by atoms with van der Waals surface area (Å²) in [6, 6.07) is 1.66. The second kappa shape index (κ2) is 6.59. The maximum absolute atomic E-state index is 11.9. The van der Waals surface area contributed by atoms with Gasteiger partial charge >= 0.3 is 0 Å². The largest absolute Gasteiger partial charge is 0.457 e. The van der Waals surface area contributed by atoms with E-state index in [9.17, 15) is 4.79 Å². The van der Waals surface area contributed by atoms with E-state index < -0.39 is 0 Å². The average Bonchev–Trinajstić information content (AvgIpc) is 2.78. The lowest BCUT2D eigenvalue weighted by Gasteiger charge is -2.29. The number of nitrogens with one attached hydrogen (secondary N) is 1. The van der Waals surface area contributed by atoms with E-state index in [4.69, 9.17) is 4.42 Å². The highest BCUT2D eigenvalue weighted by atomic mass is 79.9. The molecular weight excluding hydrogens is 350 g/mol. The Balaban J connectivity index is 2.62. The topological polar surface area (TPSA) is 42.2 Å². The van der Waals surface area contributed by atoms with Gasteiger partial charge in [-0.15, -0.1) is 0 Å². The van der Waals surface area contributed by atoms with Crippen LogP contribution in [0.25, 0.3) is 0 Å². The molecule has 1 rings (SSSR count). The quantitative estimate of drug-likeness (QED) is 0.774. The Morgan fingerprint density at radius 3 is 2.53 bits per heavy atom. The van der Waals surface area contributed by atoms with Gasteiger partial charge in [0.05, 0.1) is 11.8 Å². The predicted octanol–water partition coefficient (Wildman–Crippen LogP) is 3.97. The number of alkyl halides is 1. The summed E-state index contributed by atoms with van der Waals surface area (Å²) < 4.78 is 5.52. The lowest BCUT2D eigenvalue weighted by Crippen LogP contribution is -2.38. The molecule has 0 aliphatic heterocycles. The number of carbonyl (C=O) groups is 1. The molecule has 3 nitrogen and oxygen atoms in total. The molecule has 0 aliphatic rings. The maximum Gasteiger partial charge on any atom is 0.255 e. The molecule has 1 heterocycles. The van der Waals surface area contributed by atoms with Crippen molar-refractivity contribution in [3.63, 3.8) is 0 Å². The van der Waals surface area contributed by atoms with E-state index in [1.54, 1.807) is 6.07 Å². The molecule has 1 amide bonds. The van der Waals surface area contributed by atoms with E-state index in [0.29, 0.717) is 16.8 Å². The first-order valence-corrected chi connectivity index (χ1v) is 7.57. The van der Waals surface area contributed by atoms with Gasteiger partial charge in [-0.05, 0) is 40.3 Å². The summed E-state index contributed by atoms with van der Waals surface area (Å²) in [5, 5.41) is 3.85. The summed E-state index contributed by atoms with van der Waals surface area (Å²) >= 11 is 6.73. The molecule has 1 aromatic rings. The lowest BCUT2D eigenvalue weighted by molar-refractivity contribution is 0.0930. The molecule has 0 aliphatic carbocycles. The van der Waals surface area contributed by atoms with Crippen molar-refractivity contribution >= 4 is 37.8 Å². The van der Waals surface area contributed by atoms with E-state index >= 15 is 0 Å². The van der Waals surface area contributed by atoms with E-state index in [2.05, 4.69) is 51.0 Å². The smallest absolute Gasteiger partial charge is 0.255 e. The molecule has 1 N–H and O–H groups in total. The van der Waals surface area contributed by atoms with E-state index in [1.807, 2.05) is 0 Å². The van der Waals surface area contributed by atoms with Crippen LogP contribution in [0.2, 0.25) is 0 Å². The van der Waals surface area contributed by atoms with Crippen LogP contribution in [0.15, 0.2) is 21.4 Å². The molecule has 0 fully saturated rings. The van der Waals surface area contributed by atoms with Crippen LogP contribution in [0.3, 0.4) is 0 Å². The van der Waals surface area contributed by atoms with Gasteiger partial charge < -0.3 is 9.73 Å². The number of carbonyl (C=O) groups excluding carboxylic acids is 1. The SMILES string of the molecule is CCC(CC)(CBr)CNC(=O)c1ccoc1Br. The third kappa shape index (κ3) is 3.58. The number of hydrogen-bond acceptors (Lipinski definition) is 2. The van der Waals surface area contributed by atoms with Crippen molar-refractivity contribution in [2.75, 3.05) is 11.9 Å². The van der Waals surface area contributed by atoms with Crippen molar-refractivity contribution in [3.8, 4) is 0 Å². The van der Waals surface area contributed by atoms with Crippen LogP contribution in [0.5, 0.6) is 0 Å². The minimum atomic E-state index is -0.0992. The maximum atomic E-state index is 11.9. The molecule has 0 radical (unpaired) electrons. The summed E-state index contributed by atoms with van der Waals surface area (Å²) in [5.41, 5.74) is 0.673. The average molecular weight is 367 g/mol. The Morgan fingerprint density at radius 2 is 2.12 bits per heavy atom. The Labute approximate surface area is 119 Å². The minimum Gasteiger partial charge on any atom is -0.457 e. The highest BCUT2D eigenvalue weighted by Gasteiger charge is 2.26. The molecule has 0 spiro atoms. The van der Waals surface area contributed by atoms with Crippen molar-refractivity contribution in [3.05, 3.63) is 22.6 Å². The van der Waals surface area contributed by atoms with Gasteiger partial charge in [0.2, 0.25) is 0 Å². The summed E-state index contributed by atoms with van der Waals surface area (Å²) in [5.74, 6) is -0.0992. The van der Waals surface area contributed by atoms with E-state index in [1.165, 1.54) is 6.26 Å². The number of furan rings is 1. The van der Waals surface area contributed by atoms with Crippen molar-refractivity contribution in [2.45, 2.75) is 26.7 Å². The van der Waals surface area contributed by atoms with Gasteiger partial charge in [0.25, 0.3) is 5.91 Å². The zero-order valence-corrected chi connectivity index (χ0v) is 13.2. The van der Waals surface area contributed by atoms with Gasteiger partial charge in [-0.2, -0.15) is 0 Å². The third-order valence-electron chi connectivity index (χ3n) is 3.27. The van der Waals surface area contributed by atoms with Gasteiger partial charge in [0.15, 0.2) is 4.67 Å². The fraction of sp³-hybridized carbons (Fsp3) is 0.583. The zero-order valence-electron chi connectivity index (χ0n) is 10.1. The lowest BCUT2D eigenvalue weighted by atomic mass is 9.84. The summed E-state index contributed by atoms with van der Waals surface area (Å²) in [4.78, 5) is 11.9. The molecule has 1 aromatic heterocycles. The van der Waals surface area contributed by atoms with Crippen LogP contribution < -0.4 is 5.32 Å². The van der Waals surface area contributed by atoms with Crippen LogP contribution in [0.1, 0.15) is 37.0 Å². The number of halogens is 2. The fourth-order valence-corrected chi connectivity index (χ4v) is 2.97. The summed E-state index contributed by atoms with van der Waals surface area (Å²) in [6.45, 7) is 4.96. The van der Waals surface area contributed by atoms with Crippen molar-refractivity contribution in [1.82, 2.24) is 5.32 Å². The number of amides is 1. The Hall–Kier alpha value is -0.290. The molecule has 5 heteroatoms. The van der Waals surface area contributed by atoms with E-state index in [0.717, 1.165) is 18.2 Å². The third-order valence-corrected chi connectivity index (χ3v) is 5.07. The van der Waals surface area contributed by atoms with Crippen LogP contribution in [0.4, 0.5) is 0 Å². The van der Waals surface area contributed by atoms with Gasteiger partial charge in [-0.1, -0.05) is 29.8 Å². The minimum absolute atomic E-state index is 0.0992. The van der Waals surface area contributed by atoms with E-state index in [-0.39, 0.29) is 11.3 Å². The van der Waals surface area contributed by atoms with Crippen LogP contribution in [0, 0.1) is 5.41 Å². The molecule has 0 saturated heterocycles. The predicted molar refractivity (Wildman–Crippen MR) is 75.6 cm³/mol. The summed E-state index contributed by atoms with van der Waals surface area (Å²) in [6.07, 6.45) is 3.56. The molecule has 0 unspecified atom stereocenters. The molecule has 0 atom stereocenters. The Bertz CT molecular complexity index is 364. The fourth-order valence-electron chi connectivity index (χ4n) is 1.55. The van der Waals surface area contributed by atoms with Crippen LogP contribution in [-0.2, 0) is 0 Å². The van der Waals surface area contributed by atoms with Crippen LogP contribution in [-0.4, -0.2) is 17.8 Å². The first-order valence-electron chi connectivity index (χ1n) is 5.65. The Kier molecular flexibility index (Phi) is 5.73. The number of rotatable bonds is 6. The molecule has 0 bridgehead atoms. The highest BCUT2D eigenvalue weighted by Crippen LogP contribution is 2.28. The zero-order chi connectivity index (χ0) is 12.9. The second-order valence-corrected chi connectivity index (χ2v) is 5.41. The Morgan fingerprint density at radius 1 is 1.47 bits per heavy atom. The second-order valence-electron chi connectivity index (χ2n) is 4.13. The molecular formula is C12H17Br2NO2.